The smallest absolute Gasteiger partial charge is 0.328 e. The van der Waals surface area contributed by atoms with E-state index < -0.39 is 96.4 Å². The van der Waals surface area contributed by atoms with Crippen LogP contribution in [0.25, 0.3) is 0 Å². The van der Waals surface area contributed by atoms with Crippen molar-refractivity contribution in [3.05, 3.63) is 35.9 Å². The van der Waals surface area contributed by atoms with Crippen molar-refractivity contribution in [2.45, 2.75) is 187 Å². The SMILES string of the molecule is CCC(COC(=O)CCCC(=O)N[C@@H](C)C(=O)OCCCNC(=O)[C@H](Cc1ccccc1)NC(=O)[C@H](C)[C@@H](OC)[C@@H]1CCCN1C(=O)C[C@@H](OC)[C@H]([C@@H](C)CC)N(C)C(=O)[C@@H](NC(=O)[C@H](C(C)C)N(C)C)C(C)C)OC(CO)OC. The lowest BCUT2D eigenvalue weighted by Gasteiger charge is -2.41. The van der Waals surface area contributed by atoms with Crippen molar-refractivity contribution >= 4 is 47.4 Å². The maximum absolute atomic E-state index is 14.5. The van der Waals surface area contributed by atoms with E-state index in [-0.39, 0.29) is 100 Å². The van der Waals surface area contributed by atoms with Crippen LogP contribution in [0.3, 0.4) is 0 Å². The number of nitrogens with one attached hydrogen (secondary N) is 4. The first-order valence-corrected chi connectivity index (χ1v) is 28.5. The van der Waals surface area contributed by atoms with Gasteiger partial charge in [0.1, 0.15) is 24.7 Å². The summed E-state index contributed by atoms with van der Waals surface area (Å²) < 4.78 is 33.2. The summed E-state index contributed by atoms with van der Waals surface area (Å²) in [5.41, 5.74) is 0.803. The molecule has 0 saturated carbocycles. The van der Waals surface area contributed by atoms with Crippen LogP contribution in [0.1, 0.15) is 126 Å². The zero-order chi connectivity index (χ0) is 60.2. The van der Waals surface area contributed by atoms with E-state index >= 15 is 0 Å². The normalized spacial score (nSPS) is 17.7. The monoisotopic (exact) mass is 1130 g/mol. The van der Waals surface area contributed by atoms with Crippen LogP contribution in [-0.4, -0.2) is 203 Å². The Bertz CT molecular complexity index is 2050. The number of nitrogens with zero attached hydrogens (tertiary/aromatic N) is 3. The highest BCUT2D eigenvalue weighted by molar-refractivity contribution is 5.91. The molecule has 2 unspecified atom stereocenters. The molecule has 0 aromatic heterocycles. The number of aliphatic hydroxyl groups is 1. The van der Waals surface area contributed by atoms with Crippen molar-refractivity contribution in [1.29, 1.82) is 0 Å². The predicted octanol–water partition coefficient (Wildman–Crippen LogP) is 3.39. The second-order valence-corrected chi connectivity index (χ2v) is 21.9. The number of carbonyl (C=O) groups is 8. The van der Waals surface area contributed by atoms with Crippen molar-refractivity contribution < 1.29 is 71.9 Å². The minimum absolute atomic E-state index is 0.00508. The number of benzene rings is 1. The van der Waals surface area contributed by atoms with Crippen LogP contribution >= 0.6 is 0 Å². The number of esters is 2. The summed E-state index contributed by atoms with van der Waals surface area (Å²) in [6.45, 7) is 16.8. The van der Waals surface area contributed by atoms with Gasteiger partial charge < -0.3 is 64.6 Å². The fourth-order valence-corrected chi connectivity index (χ4v) is 10.1. The van der Waals surface area contributed by atoms with Crippen molar-refractivity contribution in [2.24, 2.45) is 23.7 Å². The molecule has 1 aliphatic heterocycles. The number of ether oxygens (including phenoxy) is 6. The first-order chi connectivity index (χ1) is 37.9. The second-order valence-electron chi connectivity index (χ2n) is 21.9. The zero-order valence-electron chi connectivity index (χ0n) is 50.6. The summed E-state index contributed by atoms with van der Waals surface area (Å²) in [5, 5.41) is 20.6. The largest absolute Gasteiger partial charge is 0.464 e. The third-order valence-electron chi connectivity index (χ3n) is 14.9. The molecular weight excluding hydrogens is 1030 g/mol. The summed E-state index contributed by atoms with van der Waals surface area (Å²) in [6, 6.07) is 4.98. The molecular formula is C58H99N7O15. The van der Waals surface area contributed by atoms with Crippen LogP contribution in [0.2, 0.25) is 0 Å². The number of rotatable bonds is 38. The van der Waals surface area contributed by atoms with Crippen LogP contribution in [0.5, 0.6) is 0 Å². The Labute approximate surface area is 476 Å². The van der Waals surface area contributed by atoms with Gasteiger partial charge in [-0.1, -0.05) is 92.1 Å². The molecule has 80 heavy (non-hydrogen) atoms. The predicted molar refractivity (Wildman–Crippen MR) is 301 cm³/mol. The molecule has 2 rings (SSSR count). The van der Waals surface area contributed by atoms with Gasteiger partial charge in [0.25, 0.3) is 0 Å². The highest BCUT2D eigenvalue weighted by Gasteiger charge is 2.44. The average Bonchev–Trinajstić information content (AvgIpc) is 3.92. The summed E-state index contributed by atoms with van der Waals surface area (Å²) in [4.78, 5) is 113. The van der Waals surface area contributed by atoms with Crippen molar-refractivity contribution in [3.8, 4) is 0 Å². The Kier molecular flexibility index (Phi) is 32.7. The quantitative estimate of drug-likeness (QED) is 0.0361. The molecule has 1 heterocycles. The Balaban J connectivity index is 2.07. The van der Waals surface area contributed by atoms with Crippen molar-refractivity contribution in [1.82, 2.24) is 36.0 Å². The number of likely N-dealkylation sites (N-methyl/N-ethyl adjacent to an activating group) is 2. The van der Waals surface area contributed by atoms with Gasteiger partial charge in [-0.3, -0.25) is 38.5 Å². The molecule has 1 saturated heterocycles. The zero-order valence-corrected chi connectivity index (χ0v) is 50.6. The lowest BCUT2D eigenvalue weighted by Crippen LogP contribution is -2.59. The number of amides is 6. The van der Waals surface area contributed by atoms with E-state index in [0.717, 1.165) is 5.56 Å². The molecule has 22 heteroatoms. The summed E-state index contributed by atoms with van der Waals surface area (Å²) in [6.07, 6.45) is 0.142. The fourth-order valence-electron chi connectivity index (χ4n) is 10.1. The van der Waals surface area contributed by atoms with Crippen LogP contribution in [0.4, 0.5) is 0 Å². The second kappa shape index (κ2) is 37.0. The molecule has 1 aromatic rings. The highest BCUT2D eigenvalue weighted by atomic mass is 16.7. The number of likely N-dealkylation sites (tertiary alicyclic amines) is 1. The number of hydrogen-bond acceptors (Lipinski definition) is 16. The van der Waals surface area contributed by atoms with Crippen molar-refractivity contribution in [3.63, 3.8) is 0 Å². The molecule has 0 spiro atoms. The van der Waals surface area contributed by atoms with E-state index in [1.54, 1.807) is 23.8 Å². The fraction of sp³-hybridized carbons (Fsp3) is 0.759. The van der Waals surface area contributed by atoms with Gasteiger partial charge in [0, 0.05) is 60.7 Å². The lowest BCUT2D eigenvalue weighted by molar-refractivity contribution is -0.188. The van der Waals surface area contributed by atoms with Gasteiger partial charge in [0.15, 0.2) is 6.29 Å². The van der Waals surface area contributed by atoms with Crippen LogP contribution in [0, 0.1) is 23.7 Å². The number of methoxy groups -OCH3 is 3. The Hall–Kier alpha value is -5.26. The molecule has 6 amide bonds. The molecule has 1 fully saturated rings. The van der Waals surface area contributed by atoms with Gasteiger partial charge in [-0.15, -0.1) is 0 Å². The van der Waals surface area contributed by atoms with E-state index in [1.165, 1.54) is 28.3 Å². The van der Waals surface area contributed by atoms with E-state index in [4.69, 9.17) is 28.4 Å². The van der Waals surface area contributed by atoms with E-state index in [0.29, 0.717) is 32.2 Å². The third kappa shape index (κ3) is 22.9. The summed E-state index contributed by atoms with van der Waals surface area (Å²) in [5.74, 6) is -4.42. The van der Waals surface area contributed by atoms with Gasteiger partial charge in [0.2, 0.25) is 35.4 Å². The molecule has 0 bridgehead atoms. The number of aliphatic hydroxyl groups excluding tert-OH is 1. The molecule has 1 aromatic carbocycles. The van der Waals surface area contributed by atoms with Crippen molar-refractivity contribution in [2.75, 3.05) is 75.4 Å². The molecule has 12 atom stereocenters. The van der Waals surface area contributed by atoms with Gasteiger partial charge in [-0.25, -0.2) is 4.79 Å². The Morgan fingerprint density at radius 3 is 2.01 bits per heavy atom. The van der Waals surface area contributed by atoms with E-state index in [9.17, 15) is 43.5 Å². The highest BCUT2D eigenvalue weighted by Crippen LogP contribution is 2.30. The summed E-state index contributed by atoms with van der Waals surface area (Å²) in [7, 11) is 9.79. The Morgan fingerprint density at radius 2 is 1.45 bits per heavy atom. The van der Waals surface area contributed by atoms with E-state index in [1.807, 2.05) is 97.8 Å². The molecule has 5 N–H and O–H groups in total. The number of carbonyl (C=O) groups excluding carboxylic acids is 8. The molecule has 1 aliphatic rings. The third-order valence-corrected chi connectivity index (χ3v) is 14.9. The maximum Gasteiger partial charge on any atom is 0.328 e. The minimum Gasteiger partial charge on any atom is -0.464 e. The minimum atomic E-state index is -0.999. The first-order valence-electron chi connectivity index (χ1n) is 28.5. The first kappa shape index (κ1) is 70.8. The lowest BCUT2D eigenvalue weighted by atomic mass is 9.89. The summed E-state index contributed by atoms with van der Waals surface area (Å²) >= 11 is 0. The van der Waals surface area contributed by atoms with Crippen LogP contribution in [-0.2, 0) is 73.2 Å². The molecule has 0 radical (unpaired) electrons. The molecule has 0 aliphatic carbocycles. The van der Waals surface area contributed by atoms with E-state index in [2.05, 4.69) is 21.3 Å². The molecule has 456 valence electrons. The Morgan fingerprint density at radius 1 is 0.775 bits per heavy atom. The standard InChI is InChI=1S/C58H99N7O15/c1-16-38(7)52(64(12)57(73)50(36(3)4)62-56(72)51(37(5)6)63(10)11)45(75-13)33-47(68)65-30-22-26-44(65)53(77-15)39(8)54(70)61-43(32-41-24-19-18-20-25-41)55(71)59-29-23-31-78-58(74)40(9)60-46(67)27-21-28-48(69)79-35-42(17-2)80-49(34-66)76-14/h18-20,24-25,36-40,42-45,49-53,66H,16-17,21-23,26-35H2,1-15H3,(H,59,71)(H,60,67)(H,61,70)(H,62,72)/t38-,39+,40-,42?,43-,44-,45+,49?,50-,51-,52-,53+/m0/s1. The van der Waals surface area contributed by atoms with Crippen LogP contribution < -0.4 is 21.3 Å². The number of hydrogen-bond donors (Lipinski definition) is 5. The van der Waals surface area contributed by atoms with Gasteiger partial charge >= 0.3 is 11.9 Å². The van der Waals surface area contributed by atoms with Gasteiger partial charge in [-0.05, 0) is 76.4 Å². The van der Waals surface area contributed by atoms with Gasteiger partial charge in [0.05, 0.1) is 62.0 Å². The topological polar surface area (TPSA) is 270 Å². The maximum atomic E-state index is 14.5. The average molecular weight is 1130 g/mol. The van der Waals surface area contributed by atoms with Gasteiger partial charge in [-0.2, -0.15) is 0 Å². The van der Waals surface area contributed by atoms with Crippen LogP contribution in [0.15, 0.2) is 30.3 Å². The molecule has 22 nitrogen and oxygen atoms in total.